The van der Waals surface area contributed by atoms with Gasteiger partial charge in [0.2, 0.25) is 5.91 Å². The van der Waals surface area contributed by atoms with Crippen molar-refractivity contribution in [2.24, 2.45) is 0 Å². The number of amides is 2. The molecule has 0 saturated heterocycles. The minimum atomic E-state index is -5.12. The lowest BCUT2D eigenvalue weighted by atomic mass is 9.92. The van der Waals surface area contributed by atoms with Gasteiger partial charge in [-0.25, -0.2) is 4.68 Å². The number of benzene rings is 2. The van der Waals surface area contributed by atoms with Crippen LogP contribution in [-0.4, -0.2) is 39.1 Å². The Kier molecular flexibility index (Phi) is 8.43. The number of aromatic nitrogens is 2. The van der Waals surface area contributed by atoms with Crippen LogP contribution in [0.2, 0.25) is 0 Å². The number of nitrogens with one attached hydrogen (secondary N) is 1. The zero-order chi connectivity index (χ0) is 30.2. The van der Waals surface area contributed by atoms with Gasteiger partial charge in [0.15, 0.2) is 0 Å². The van der Waals surface area contributed by atoms with Crippen LogP contribution in [0, 0.1) is 6.92 Å². The highest BCUT2D eigenvalue weighted by molar-refractivity contribution is 5.99. The van der Waals surface area contributed by atoms with Crippen LogP contribution in [0.1, 0.15) is 67.4 Å². The molecule has 0 radical (unpaired) electrons. The van der Waals surface area contributed by atoms with Gasteiger partial charge in [-0.15, -0.1) is 0 Å². The zero-order valence-electron chi connectivity index (χ0n) is 22.8. The molecule has 40 heavy (non-hydrogen) atoms. The standard InChI is InChI=1S/C28H30F6N4O2/c1-16(2)37(25(40)18-11-19(27(29,30)31)13-20(12-18)28(32,33)34)15-24(39)35-23-14-22(26(4,5)6)36-38(23)21-10-8-7-9-17(21)3/h7-14,16H,15H2,1-6H3,(H,35,39). The maximum Gasteiger partial charge on any atom is 0.416 e. The second-order valence-electron chi connectivity index (χ2n) is 10.7. The van der Waals surface area contributed by atoms with E-state index in [9.17, 15) is 35.9 Å². The Hall–Kier alpha value is -3.83. The topological polar surface area (TPSA) is 67.2 Å². The van der Waals surface area contributed by atoms with Gasteiger partial charge in [0, 0.05) is 23.1 Å². The van der Waals surface area contributed by atoms with Crippen molar-refractivity contribution in [2.45, 2.75) is 65.4 Å². The zero-order valence-corrected chi connectivity index (χ0v) is 22.8. The number of rotatable bonds is 6. The van der Waals surface area contributed by atoms with E-state index in [4.69, 9.17) is 0 Å². The smallest absolute Gasteiger partial charge is 0.327 e. The average molecular weight is 569 g/mol. The van der Waals surface area contributed by atoms with Gasteiger partial charge in [-0.05, 0) is 50.6 Å². The summed E-state index contributed by atoms with van der Waals surface area (Å²) < 4.78 is 81.6. The summed E-state index contributed by atoms with van der Waals surface area (Å²) in [5, 5.41) is 7.34. The van der Waals surface area contributed by atoms with E-state index in [0.717, 1.165) is 10.5 Å². The molecule has 0 aliphatic heterocycles. The summed E-state index contributed by atoms with van der Waals surface area (Å²) in [4.78, 5) is 27.2. The van der Waals surface area contributed by atoms with E-state index >= 15 is 0 Å². The molecule has 0 bridgehead atoms. The van der Waals surface area contributed by atoms with E-state index < -0.39 is 53.4 Å². The molecule has 1 aromatic heterocycles. The molecule has 3 aromatic rings. The predicted molar refractivity (Wildman–Crippen MR) is 138 cm³/mol. The van der Waals surface area contributed by atoms with Gasteiger partial charge in [0.25, 0.3) is 5.91 Å². The van der Waals surface area contributed by atoms with Crippen LogP contribution in [0.25, 0.3) is 5.69 Å². The van der Waals surface area contributed by atoms with Crippen LogP contribution in [-0.2, 0) is 22.6 Å². The molecule has 216 valence electrons. The predicted octanol–water partition coefficient (Wildman–Crippen LogP) is 7.01. The first-order valence-electron chi connectivity index (χ1n) is 12.4. The number of carbonyl (C=O) groups excluding carboxylic acids is 2. The molecule has 2 amide bonds. The molecule has 0 unspecified atom stereocenters. The second kappa shape index (κ2) is 11.0. The van der Waals surface area contributed by atoms with Crippen molar-refractivity contribution in [1.29, 1.82) is 0 Å². The molecular weight excluding hydrogens is 538 g/mol. The summed E-state index contributed by atoms with van der Waals surface area (Å²) in [5.74, 6) is -1.57. The Balaban J connectivity index is 1.96. The third-order valence-electron chi connectivity index (χ3n) is 6.12. The molecule has 0 fully saturated rings. The van der Waals surface area contributed by atoms with Gasteiger partial charge < -0.3 is 10.2 Å². The number of halogens is 6. The minimum Gasteiger partial charge on any atom is -0.327 e. The highest BCUT2D eigenvalue weighted by atomic mass is 19.4. The van der Waals surface area contributed by atoms with E-state index in [0.29, 0.717) is 29.3 Å². The maximum absolute atomic E-state index is 13.3. The first-order valence-corrected chi connectivity index (χ1v) is 12.4. The fourth-order valence-electron chi connectivity index (χ4n) is 3.89. The van der Waals surface area contributed by atoms with E-state index in [1.165, 1.54) is 18.5 Å². The first kappa shape index (κ1) is 30.7. The van der Waals surface area contributed by atoms with E-state index in [-0.39, 0.29) is 11.5 Å². The van der Waals surface area contributed by atoms with Gasteiger partial charge in [-0.3, -0.25) is 9.59 Å². The van der Waals surface area contributed by atoms with E-state index in [2.05, 4.69) is 10.4 Å². The van der Waals surface area contributed by atoms with Crippen molar-refractivity contribution in [3.63, 3.8) is 0 Å². The molecule has 0 aliphatic rings. The quantitative estimate of drug-likeness (QED) is 0.326. The third kappa shape index (κ3) is 7.02. The van der Waals surface area contributed by atoms with Crippen molar-refractivity contribution in [3.05, 3.63) is 76.5 Å². The lowest BCUT2D eigenvalue weighted by Gasteiger charge is -2.27. The van der Waals surface area contributed by atoms with Gasteiger partial charge in [0.1, 0.15) is 12.4 Å². The molecule has 0 spiro atoms. The summed E-state index contributed by atoms with van der Waals surface area (Å²) in [6.07, 6.45) is -10.2. The van der Waals surface area contributed by atoms with Gasteiger partial charge in [0.05, 0.1) is 22.5 Å². The number of para-hydroxylation sites is 1. The van der Waals surface area contributed by atoms with E-state index in [1.54, 1.807) is 18.2 Å². The monoisotopic (exact) mass is 568 g/mol. The number of anilines is 1. The number of carbonyl (C=O) groups is 2. The summed E-state index contributed by atoms with van der Waals surface area (Å²) >= 11 is 0. The molecule has 1 heterocycles. The summed E-state index contributed by atoms with van der Waals surface area (Å²) in [6, 6.07) is 8.92. The molecule has 2 aromatic carbocycles. The van der Waals surface area contributed by atoms with E-state index in [1.807, 2.05) is 39.8 Å². The summed E-state index contributed by atoms with van der Waals surface area (Å²) in [7, 11) is 0. The summed E-state index contributed by atoms with van der Waals surface area (Å²) in [6.45, 7) is 10.0. The van der Waals surface area contributed by atoms with Crippen LogP contribution in [0.4, 0.5) is 32.2 Å². The lowest BCUT2D eigenvalue weighted by molar-refractivity contribution is -0.143. The van der Waals surface area contributed by atoms with Crippen molar-refractivity contribution in [2.75, 3.05) is 11.9 Å². The Morgan fingerprint density at radius 2 is 1.48 bits per heavy atom. The van der Waals surface area contributed by atoms with Gasteiger partial charge in [-0.1, -0.05) is 39.0 Å². The normalized spacial score (nSPS) is 12.5. The maximum atomic E-state index is 13.3. The summed E-state index contributed by atoms with van der Waals surface area (Å²) in [5.41, 5.74) is -2.23. The number of hydrogen-bond donors (Lipinski definition) is 1. The highest BCUT2D eigenvalue weighted by Gasteiger charge is 2.38. The number of aryl methyl sites for hydroxylation is 1. The van der Waals surface area contributed by atoms with Crippen molar-refractivity contribution < 1.29 is 35.9 Å². The Morgan fingerprint density at radius 3 is 1.95 bits per heavy atom. The third-order valence-corrected chi connectivity index (χ3v) is 6.12. The molecule has 3 rings (SSSR count). The molecule has 0 atom stereocenters. The molecule has 6 nitrogen and oxygen atoms in total. The molecular formula is C28H30F6N4O2. The van der Waals surface area contributed by atoms with Crippen LogP contribution >= 0.6 is 0 Å². The fourth-order valence-corrected chi connectivity index (χ4v) is 3.89. The molecule has 12 heteroatoms. The average Bonchev–Trinajstić information content (AvgIpc) is 3.24. The molecule has 0 aliphatic carbocycles. The van der Waals surface area contributed by atoms with Gasteiger partial charge >= 0.3 is 12.4 Å². The first-order chi connectivity index (χ1) is 18.3. The number of nitrogens with zero attached hydrogens (tertiary/aromatic N) is 3. The highest BCUT2D eigenvalue weighted by Crippen LogP contribution is 2.36. The van der Waals surface area contributed by atoms with Crippen molar-refractivity contribution >= 4 is 17.6 Å². The second-order valence-corrected chi connectivity index (χ2v) is 10.7. The largest absolute Gasteiger partial charge is 0.416 e. The fraction of sp³-hybridized carbons (Fsp3) is 0.393. The number of hydrogen-bond acceptors (Lipinski definition) is 3. The Bertz CT molecular complexity index is 1370. The SMILES string of the molecule is Cc1ccccc1-n1nc(C(C)(C)C)cc1NC(=O)CN(C(=O)c1cc(C(F)(F)F)cc(C(F)(F)F)c1)C(C)C. The van der Waals surface area contributed by atoms with Crippen molar-refractivity contribution in [1.82, 2.24) is 14.7 Å². The molecule has 1 N–H and O–H groups in total. The molecule has 0 saturated carbocycles. The van der Waals surface area contributed by atoms with Crippen LogP contribution in [0.3, 0.4) is 0 Å². The minimum absolute atomic E-state index is 0.0528. The Morgan fingerprint density at radius 1 is 0.925 bits per heavy atom. The lowest BCUT2D eigenvalue weighted by Crippen LogP contribution is -2.42. The number of alkyl halides is 6. The van der Waals surface area contributed by atoms with Crippen LogP contribution < -0.4 is 5.32 Å². The van der Waals surface area contributed by atoms with Crippen LogP contribution in [0.15, 0.2) is 48.5 Å². The Labute approximate surface area is 228 Å². The van der Waals surface area contributed by atoms with Crippen molar-refractivity contribution in [3.8, 4) is 5.69 Å². The van der Waals surface area contributed by atoms with Crippen LogP contribution in [0.5, 0.6) is 0 Å². The van der Waals surface area contributed by atoms with Gasteiger partial charge in [-0.2, -0.15) is 31.4 Å².